The Morgan fingerprint density at radius 3 is 2.40 bits per heavy atom. The van der Waals surface area contributed by atoms with Crippen LogP contribution in [0.5, 0.6) is 0 Å². The molecule has 0 unspecified atom stereocenters. The molecule has 4 nitrogen and oxygen atoms in total. The van der Waals surface area contributed by atoms with E-state index < -0.39 is 10.0 Å². The van der Waals surface area contributed by atoms with Crippen molar-refractivity contribution in [3.63, 3.8) is 0 Å². The molecule has 0 saturated carbocycles. The Kier molecular flexibility index (Phi) is 6.17. The lowest BCUT2D eigenvalue weighted by atomic mass is 10.1. The molecule has 0 atom stereocenters. The highest BCUT2D eigenvalue weighted by molar-refractivity contribution is 7.89. The lowest BCUT2D eigenvalue weighted by Gasteiger charge is -2.20. The number of nitrogens with two attached hydrogens (primary N) is 1. The van der Waals surface area contributed by atoms with E-state index in [9.17, 15) is 8.42 Å². The molecule has 0 radical (unpaired) electrons. The molecule has 0 aliphatic heterocycles. The van der Waals surface area contributed by atoms with E-state index in [1.165, 1.54) is 4.31 Å². The topological polar surface area (TPSA) is 63.4 Å². The van der Waals surface area contributed by atoms with Gasteiger partial charge in [0.15, 0.2) is 0 Å². The summed E-state index contributed by atoms with van der Waals surface area (Å²) < 4.78 is 26.8. The first-order chi connectivity index (χ1) is 9.34. The van der Waals surface area contributed by atoms with Crippen molar-refractivity contribution in [2.45, 2.75) is 51.5 Å². The first kappa shape index (κ1) is 17.1. The Bertz CT molecular complexity index is 553. The van der Waals surface area contributed by atoms with Crippen molar-refractivity contribution < 1.29 is 8.42 Å². The molecule has 0 aliphatic carbocycles. The Morgan fingerprint density at radius 2 is 1.85 bits per heavy atom. The van der Waals surface area contributed by atoms with Crippen molar-refractivity contribution in [2.75, 3.05) is 13.6 Å². The number of sulfonamides is 1. The average Bonchev–Trinajstić information content (AvgIpc) is 2.41. The van der Waals surface area contributed by atoms with Crippen LogP contribution in [-0.2, 0) is 16.6 Å². The van der Waals surface area contributed by atoms with Gasteiger partial charge >= 0.3 is 0 Å². The smallest absolute Gasteiger partial charge is 0.243 e. The van der Waals surface area contributed by atoms with Gasteiger partial charge in [0, 0.05) is 20.1 Å². The quantitative estimate of drug-likeness (QED) is 0.787. The van der Waals surface area contributed by atoms with E-state index in [-0.39, 0.29) is 0 Å². The van der Waals surface area contributed by atoms with Gasteiger partial charge in [-0.1, -0.05) is 25.8 Å². The van der Waals surface area contributed by atoms with E-state index in [1.54, 1.807) is 13.1 Å². The van der Waals surface area contributed by atoms with Gasteiger partial charge in [0.25, 0.3) is 0 Å². The van der Waals surface area contributed by atoms with Crippen LogP contribution in [0.1, 0.15) is 42.9 Å². The molecule has 5 heteroatoms. The van der Waals surface area contributed by atoms with Gasteiger partial charge in [0.2, 0.25) is 10.0 Å². The molecule has 0 amide bonds. The Morgan fingerprint density at radius 1 is 1.20 bits per heavy atom. The highest BCUT2D eigenvalue weighted by atomic mass is 32.2. The number of hydrogen-bond donors (Lipinski definition) is 1. The van der Waals surface area contributed by atoms with Crippen molar-refractivity contribution in [1.82, 2.24) is 4.31 Å². The molecule has 0 aromatic heterocycles. The predicted octanol–water partition coefficient (Wildman–Crippen LogP) is 2.57. The van der Waals surface area contributed by atoms with E-state index in [4.69, 9.17) is 5.73 Å². The summed E-state index contributed by atoms with van der Waals surface area (Å²) in [4.78, 5) is 0.386. The summed E-state index contributed by atoms with van der Waals surface area (Å²) in [5.74, 6) is 0. The van der Waals surface area contributed by atoms with Crippen LogP contribution in [0.25, 0.3) is 0 Å². The van der Waals surface area contributed by atoms with Crippen molar-refractivity contribution >= 4 is 10.0 Å². The highest BCUT2D eigenvalue weighted by Gasteiger charge is 2.23. The second-order valence-corrected chi connectivity index (χ2v) is 7.29. The normalized spacial score (nSPS) is 12.1. The molecule has 2 N–H and O–H groups in total. The van der Waals surface area contributed by atoms with Crippen LogP contribution < -0.4 is 5.73 Å². The molecule has 0 aliphatic rings. The minimum Gasteiger partial charge on any atom is -0.326 e. The summed E-state index contributed by atoms with van der Waals surface area (Å²) in [5, 5.41) is 0. The predicted molar refractivity (Wildman–Crippen MR) is 83.1 cm³/mol. The molecule has 0 heterocycles. The van der Waals surface area contributed by atoms with Gasteiger partial charge in [-0.25, -0.2) is 12.7 Å². The maximum atomic E-state index is 12.7. The maximum absolute atomic E-state index is 12.7. The fourth-order valence-corrected chi connectivity index (χ4v) is 3.71. The molecule has 114 valence electrons. The third kappa shape index (κ3) is 3.81. The summed E-state index contributed by atoms with van der Waals surface area (Å²) in [6.07, 6.45) is 3.01. The molecule has 0 bridgehead atoms. The van der Waals surface area contributed by atoms with Gasteiger partial charge in [-0.2, -0.15) is 0 Å². The van der Waals surface area contributed by atoms with Gasteiger partial charge < -0.3 is 5.73 Å². The summed E-state index contributed by atoms with van der Waals surface area (Å²) >= 11 is 0. The van der Waals surface area contributed by atoms with E-state index in [1.807, 2.05) is 19.9 Å². The van der Waals surface area contributed by atoms with Gasteiger partial charge in [-0.05, 0) is 43.0 Å². The number of aryl methyl sites for hydroxylation is 1. The fraction of sp³-hybridized carbons (Fsp3) is 0.600. The average molecular weight is 298 g/mol. The zero-order valence-corrected chi connectivity index (χ0v) is 13.8. The van der Waals surface area contributed by atoms with Gasteiger partial charge in [-0.15, -0.1) is 0 Å². The van der Waals surface area contributed by atoms with Crippen molar-refractivity contribution in [3.05, 3.63) is 28.8 Å². The van der Waals surface area contributed by atoms with Crippen molar-refractivity contribution in [2.24, 2.45) is 5.73 Å². The van der Waals surface area contributed by atoms with Crippen LogP contribution in [0, 0.1) is 13.8 Å². The van der Waals surface area contributed by atoms with Crippen LogP contribution in [0.2, 0.25) is 0 Å². The van der Waals surface area contributed by atoms with Crippen molar-refractivity contribution in [1.29, 1.82) is 0 Å². The SMILES string of the molecule is CCCCCN(C)S(=O)(=O)c1cc(CN)cc(C)c1C. The number of unbranched alkanes of at least 4 members (excludes halogenated alkanes) is 2. The lowest BCUT2D eigenvalue weighted by Crippen LogP contribution is -2.29. The highest BCUT2D eigenvalue weighted by Crippen LogP contribution is 2.24. The van der Waals surface area contributed by atoms with Gasteiger partial charge in [0.05, 0.1) is 4.90 Å². The third-order valence-electron chi connectivity index (χ3n) is 3.68. The zero-order chi connectivity index (χ0) is 15.3. The van der Waals surface area contributed by atoms with Crippen LogP contribution in [-0.4, -0.2) is 26.3 Å². The minimum atomic E-state index is -3.43. The summed E-state index contributed by atoms with van der Waals surface area (Å²) in [7, 11) is -1.78. The maximum Gasteiger partial charge on any atom is 0.243 e. The molecule has 0 spiro atoms. The summed E-state index contributed by atoms with van der Waals surface area (Å²) in [6.45, 7) is 6.78. The Hall–Kier alpha value is -0.910. The molecular weight excluding hydrogens is 272 g/mol. The minimum absolute atomic E-state index is 0.350. The Labute approximate surface area is 123 Å². The fourth-order valence-electron chi connectivity index (χ4n) is 2.16. The second kappa shape index (κ2) is 7.20. The van der Waals surface area contributed by atoms with E-state index >= 15 is 0 Å². The molecule has 1 rings (SSSR count). The van der Waals surface area contributed by atoms with Crippen LogP contribution >= 0.6 is 0 Å². The summed E-state index contributed by atoms with van der Waals surface area (Å²) in [6, 6.07) is 3.65. The Balaban J connectivity index is 3.11. The second-order valence-electron chi connectivity index (χ2n) is 5.27. The first-order valence-electron chi connectivity index (χ1n) is 7.11. The number of nitrogens with zero attached hydrogens (tertiary/aromatic N) is 1. The van der Waals surface area contributed by atoms with Crippen molar-refractivity contribution in [3.8, 4) is 0 Å². The molecule has 0 saturated heterocycles. The van der Waals surface area contributed by atoms with E-state index in [0.717, 1.165) is 36.0 Å². The number of rotatable bonds is 7. The molecule has 0 fully saturated rings. The first-order valence-corrected chi connectivity index (χ1v) is 8.55. The lowest BCUT2D eigenvalue weighted by molar-refractivity contribution is 0.453. The monoisotopic (exact) mass is 298 g/mol. The molecule has 20 heavy (non-hydrogen) atoms. The number of benzene rings is 1. The van der Waals surface area contributed by atoms with Gasteiger partial charge in [0.1, 0.15) is 0 Å². The van der Waals surface area contributed by atoms with Gasteiger partial charge in [-0.3, -0.25) is 0 Å². The third-order valence-corrected chi connectivity index (χ3v) is 5.66. The number of hydrogen-bond acceptors (Lipinski definition) is 3. The standard InChI is InChI=1S/C15H26N2O2S/c1-5-6-7-8-17(4)20(18,19)15-10-14(11-16)9-12(2)13(15)3/h9-10H,5-8,11,16H2,1-4H3. The zero-order valence-electron chi connectivity index (χ0n) is 12.9. The molecular formula is C15H26N2O2S. The largest absolute Gasteiger partial charge is 0.326 e. The van der Waals surface area contributed by atoms with Crippen LogP contribution in [0.3, 0.4) is 0 Å². The summed E-state index contributed by atoms with van der Waals surface area (Å²) in [5.41, 5.74) is 8.28. The van der Waals surface area contributed by atoms with E-state index in [2.05, 4.69) is 6.92 Å². The molecule has 1 aromatic rings. The van der Waals surface area contributed by atoms with Crippen LogP contribution in [0.15, 0.2) is 17.0 Å². The van der Waals surface area contributed by atoms with E-state index in [0.29, 0.717) is 18.0 Å². The van der Waals surface area contributed by atoms with Crippen LogP contribution in [0.4, 0.5) is 0 Å². The molecule has 1 aromatic carbocycles.